The molecule has 0 spiro atoms. The third-order valence-corrected chi connectivity index (χ3v) is 3.01. The first-order chi connectivity index (χ1) is 11.1. The molecule has 0 unspecified atom stereocenters. The molecule has 0 bridgehead atoms. The zero-order valence-electron chi connectivity index (χ0n) is 12.8. The molecule has 23 heavy (non-hydrogen) atoms. The smallest absolute Gasteiger partial charge is 0.326 e. The van der Waals surface area contributed by atoms with Crippen molar-refractivity contribution in [2.45, 2.75) is 13.0 Å². The van der Waals surface area contributed by atoms with Crippen molar-refractivity contribution in [1.29, 1.82) is 0 Å². The fourth-order valence-corrected chi connectivity index (χ4v) is 1.81. The van der Waals surface area contributed by atoms with Gasteiger partial charge >= 0.3 is 5.97 Å². The Bertz CT molecular complexity index is 632. The Morgan fingerprint density at radius 3 is 2.65 bits per heavy atom. The molecule has 1 atom stereocenters. The Morgan fingerprint density at radius 2 is 1.96 bits per heavy atom. The van der Waals surface area contributed by atoms with E-state index in [1.807, 2.05) is 24.3 Å². The molecule has 1 aromatic heterocycles. The second kappa shape index (κ2) is 8.53. The van der Waals surface area contributed by atoms with Crippen molar-refractivity contribution in [2.24, 2.45) is 0 Å². The maximum absolute atomic E-state index is 11.7. The number of carbonyl (C=O) groups is 2. The highest BCUT2D eigenvalue weighted by atomic mass is 16.5. The molecular weight excluding hydrogens is 296 g/mol. The highest BCUT2D eigenvalue weighted by Crippen LogP contribution is 2.14. The minimum atomic E-state index is -0.519. The molecule has 6 heteroatoms. The van der Waals surface area contributed by atoms with Gasteiger partial charge in [0.05, 0.1) is 0 Å². The first kappa shape index (κ1) is 16.5. The molecule has 0 aliphatic heterocycles. The minimum Gasteiger partial charge on any atom is -0.484 e. The second-order valence-electron chi connectivity index (χ2n) is 4.80. The van der Waals surface area contributed by atoms with Crippen LogP contribution in [-0.4, -0.2) is 30.0 Å². The van der Waals surface area contributed by atoms with Gasteiger partial charge in [-0.25, -0.2) is 0 Å². The summed E-state index contributed by atoms with van der Waals surface area (Å²) in [7, 11) is 0. The van der Waals surface area contributed by atoms with Gasteiger partial charge < -0.3 is 14.8 Å². The number of esters is 1. The number of amides is 1. The summed E-state index contributed by atoms with van der Waals surface area (Å²) in [4.78, 5) is 27.3. The maximum Gasteiger partial charge on any atom is 0.326 e. The summed E-state index contributed by atoms with van der Waals surface area (Å²) in [5.74, 6) is -0.315. The summed E-state index contributed by atoms with van der Waals surface area (Å²) in [6, 6.07) is 12.6. The van der Waals surface area contributed by atoms with Crippen LogP contribution in [0, 0.1) is 0 Å². The largest absolute Gasteiger partial charge is 0.484 e. The van der Waals surface area contributed by atoms with Gasteiger partial charge in [0, 0.05) is 18.0 Å². The third-order valence-electron chi connectivity index (χ3n) is 3.01. The molecule has 0 saturated carbocycles. The van der Waals surface area contributed by atoms with Crippen molar-refractivity contribution in [1.82, 2.24) is 10.3 Å². The molecule has 120 valence electrons. The summed E-state index contributed by atoms with van der Waals surface area (Å²) in [5.41, 5.74) is 0.791. The number of pyridine rings is 1. The lowest BCUT2D eigenvalue weighted by Gasteiger charge is -2.13. The first-order valence-electron chi connectivity index (χ1n) is 7.19. The zero-order chi connectivity index (χ0) is 16.5. The van der Waals surface area contributed by atoms with E-state index in [9.17, 15) is 9.59 Å². The van der Waals surface area contributed by atoms with Gasteiger partial charge in [-0.15, -0.1) is 0 Å². The van der Waals surface area contributed by atoms with Gasteiger partial charge in [0.15, 0.2) is 6.61 Å². The van der Waals surface area contributed by atoms with E-state index >= 15 is 0 Å². The predicted octanol–water partition coefficient (Wildman–Crippen LogP) is 1.88. The normalized spacial score (nSPS) is 11.3. The van der Waals surface area contributed by atoms with Crippen LogP contribution in [-0.2, 0) is 14.3 Å². The van der Waals surface area contributed by atoms with Gasteiger partial charge in [-0.1, -0.05) is 24.3 Å². The highest BCUT2D eigenvalue weighted by molar-refractivity contribution is 5.82. The summed E-state index contributed by atoms with van der Waals surface area (Å²) >= 11 is 0. The van der Waals surface area contributed by atoms with Crippen LogP contribution in [0.3, 0.4) is 0 Å². The number of benzene rings is 1. The van der Waals surface area contributed by atoms with Crippen molar-refractivity contribution in [3.63, 3.8) is 0 Å². The van der Waals surface area contributed by atoms with E-state index in [0.29, 0.717) is 5.75 Å². The van der Waals surface area contributed by atoms with E-state index < -0.39 is 12.1 Å². The summed E-state index contributed by atoms with van der Waals surface area (Å²) in [6.45, 7) is 1.38. The van der Waals surface area contributed by atoms with E-state index in [-0.39, 0.29) is 19.1 Å². The standard InChI is InChI=1S/C17H18N2O4/c1-13(14-6-5-9-18-10-14)23-17(21)11-19-16(20)12-22-15-7-3-2-4-8-15/h2-10,13H,11-12H2,1H3,(H,19,20)/t13-/m0/s1. The number of para-hydroxylation sites is 1. The highest BCUT2D eigenvalue weighted by Gasteiger charge is 2.13. The summed E-state index contributed by atoms with van der Waals surface area (Å²) in [5, 5.41) is 2.46. The molecule has 0 radical (unpaired) electrons. The van der Waals surface area contributed by atoms with Gasteiger partial charge in [0.25, 0.3) is 5.91 Å². The average Bonchev–Trinajstić information content (AvgIpc) is 2.60. The predicted molar refractivity (Wildman–Crippen MR) is 83.7 cm³/mol. The Balaban J connectivity index is 1.68. The van der Waals surface area contributed by atoms with Crippen molar-refractivity contribution in [3.05, 3.63) is 60.4 Å². The molecule has 0 aliphatic carbocycles. The minimum absolute atomic E-state index is 0.157. The van der Waals surface area contributed by atoms with Crippen LogP contribution in [0.5, 0.6) is 5.75 Å². The Hall–Kier alpha value is -2.89. The topological polar surface area (TPSA) is 77.5 Å². The number of nitrogens with zero attached hydrogens (tertiary/aromatic N) is 1. The van der Waals surface area contributed by atoms with Gasteiger partial charge in [0.2, 0.25) is 0 Å². The molecule has 0 saturated heterocycles. The van der Waals surface area contributed by atoms with Crippen LogP contribution in [0.15, 0.2) is 54.9 Å². The van der Waals surface area contributed by atoms with Crippen molar-refractivity contribution >= 4 is 11.9 Å². The quantitative estimate of drug-likeness (QED) is 0.790. The van der Waals surface area contributed by atoms with Gasteiger partial charge in [-0.2, -0.15) is 0 Å². The van der Waals surface area contributed by atoms with Crippen LogP contribution in [0.4, 0.5) is 0 Å². The molecule has 1 N–H and O–H groups in total. The summed E-state index contributed by atoms with van der Waals surface area (Å²) in [6.07, 6.45) is 2.85. The molecule has 0 fully saturated rings. The lowest BCUT2D eigenvalue weighted by molar-refractivity contribution is -0.148. The average molecular weight is 314 g/mol. The molecule has 1 aromatic carbocycles. The van der Waals surface area contributed by atoms with Crippen molar-refractivity contribution in [2.75, 3.05) is 13.2 Å². The number of hydrogen-bond acceptors (Lipinski definition) is 5. The first-order valence-corrected chi connectivity index (χ1v) is 7.19. The number of rotatable bonds is 7. The number of ether oxygens (including phenoxy) is 2. The maximum atomic E-state index is 11.7. The molecule has 0 aliphatic rings. The Labute approximate surface area is 134 Å². The van der Waals surface area contributed by atoms with E-state index in [4.69, 9.17) is 9.47 Å². The lowest BCUT2D eigenvalue weighted by Crippen LogP contribution is -2.34. The van der Waals surface area contributed by atoms with Gasteiger partial charge in [-0.05, 0) is 25.1 Å². The molecule has 2 rings (SSSR count). The fourth-order valence-electron chi connectivity index (χ4n) is 1.81. The second-order valence-corrected chi connectivity index (χ2v) is 4.80. The SMILES string of the molecule is C[C@H](OC(=O)CNC(=O)COc1ccccc1)c1cccnc1. The van der Waals surface area contributed by atoms with Crippen LogP contribution in [0.25, 0.3) is 0 Å². The van der Waals surface area contributed by atoms with Crippen LogP contribution >= 0.6 is 0 Å². The monoisotopic (exact) mass is 314 g/mol. The summed E-state index contributed by atoms with van der Waals surface area (Å²) < 4.78 is 10.5. The molecule has 1 heterocycles. The number of carbonyl (C=O) groups excluding carboxylic acids is 2. The molecule has 2 aromatic rings. The van der Waals surface area contributed by atoms with Gasteiger partial charge in [-0.3, -0.25) is 14.6 Å². The number of aromatic nitrogens is 1. The van der Waals surface area contributed by atoms with Crippen LogP contribution in [0.2, 0.25) is 0 Å². The Kier molecular flexibility index (Phi) is 6.11. The van der Waals surface area contributed by atoms with E-state index in [0.717, 1.165) is 5.56 Å². The molecule has 1 amide bonds. The lowest BCUT2D eigenvalue weighted by atomic mass is 10.2. The van der Waals surface area contributed by atoms with Crippen LogP contribution in [0.1, 0.15) is 18.6 Å². The van der Waals surface area contributed by atoms with Crippen molar-refractivity contribution < 1.29 is 19.1 Å². The van der Waals surface area contributed by atoms with Crippen LogP contribution < -0.4 is 10.1 Å². The number of nitrogens with one attached hydrogen (secondary N) is 1. The molecular formula is C17H18N2O4. The fraction of sp³-hybridized carbons (Fsp3) is 0.235. The van der Waals surface area contributed by atoms with E-state index in [1.165, 1.54) is 0 Å². The Morgan fingerprint density at radius 1 is 1.17 bits per heavy atom. The zero-order valence-corrected chi connectivity index (χ0v) is 12.8. The molecule has 6 nitrogen and oxygen atoms in total. The van der Waals surface area contributed by atoms with E-state index in [2.05, 4.69) is 10.3 Å². The van der Waals surface area contributed by atoms with Crippen molar-refractivity contribution in [3.8, 4) is 5.75 Å². The van der Waals surface area contributed by atoms with E-state index in [1.54, 1.807) is 37.5 Å². The third kappa shape index (κ3) is 5.78. The number of hydrogen-bond donors (Lipinski definition) is 1. The van der Waals surface area contributed by atoms with Gasteiger partial charge in [0.1, 0.15) is 18.4 Å².